The van der Waals surface area contributed by atoms with Crippen LogP contribution in [0.1, 0.15) is 219 Å². The highest BCUT2D eigenvalue weighted by Gasteiger charge is 2.08. The van der Waals surface area contributed by atoms with Gasteiger partial charge < -0.3 is 13.9 Å². The molecule has 0 fully saturated rings. The predicted molar refractivity (Wildman–Crippen MR) is 221 cm³/mol. The molecule has 0 N–H and O–H groups in total. The van der Waals surface area contributed by atoms with Crippen LogP contribution in [-0.4, -0.2) is 9.13 Å². The van der Waals surface area contributed by atoms with Gasteiger partial charge in [-0.25, -0.2) is 0 Å². The van der Waals surface area contributed by atoms with Crippen LogP contribution < -0.4 is 15.6 Å². The molecule has 0 aliphatic carbocycles. The maximum atomic E-state index is 12.6. The van der Waals surface area contributed by atoms with Gasteiger partial charge in [-0.05, 0) is 12.8 Å². The first-order chi connectivity index (χ1) is 25.1. The summed E-state index contributed by atoms with van der Waals surface area (Å²) >= 11 is 0. The Morgan fingerprint density at radius 2 is 0.608 bits per heavy atom. The molecule has 0 aliphatic heterocycles. The zero-order chi connectivity index (χ0) is 36.5. The molecule has 0 spiro atoms. The topological polar surface area (TPSA) is 53.2 Å². The monoisotopic (exact) mass is 709 g/mol. The van der Waals surface area contributed by atoms with Gasteiger partial charge in [0.2, 0.25) is 10.9 Å². The van der Waals surface area contributed by atoms with Crippen molar-refractivity contribution in [2.24, 2.45) is 0 Å². The molecule has 0 atom stereocenters. The number of pyridine rings is 2. The zero-order valence-electron chi connectivity index (χ0n) is 33.6. The van der Waals surface area contributed by atoms with Gasteiger partial charge in [0.1, 0.15) is 0 Å². The molecule has 0 aliphatic rings. The molecule has 2 aromatic rings. The van der Waals surface area contributed by atoms with E-state index in [9.17, 15) is 9.59 Å². The third-order valence-corrected chi connectivity index (χ3v) is 10.6. The maximum Gasteiger partial charge on any atom is 0.224 e. The molecular weight excluding hydrogens is 629 g/mol. The van der Waals surface area contributed by atoms with E-state index in [2.05, 4.69) is 13.8 Å². The maximum absolute atomic E-state index is 12.6. The molecule has 51 heavy (non-hydrogen) atoms. The van der Waals surface area contributed by atoms with E-state index in [0.29, 0.717) is 0 Å². The molecule has 292 valence electrons. The summed E-state index contributed by atoms with van der Waals surface area (Å²) < 4.78 is 9.97. The summed E-state index contributed by atoms with van der Waals surface area (Å²) in [7, 11) is 0. The number of unbranched alkanes of at least 4 members (excludes halogenated alkanes) is 30. The van der Waals surface area contributed by atoms with Crippen LogP contribution in [0.5, 0.6) is 11.5 Å². The highest BCUT2D eigenvalue weighted by atomic mass is 16.5. The fraction of sp³-hybridized carbons (Fsp3) is 0.783. The van der Waals surface area contributed by atoms with Crippen molar-refractivity contribution in [1.82, 2.24) is 9.13 Å². The highest BCUT2D eigenvalue weighted by Crippen LogP contribution is 2.18. The lowest BCUT2D eigenvalue weighted by Gasteiger charge is -2.11. The van der Waals surface area contributed by atoms with Gasteiger partial charge in [0.15, 0.2) is 11.5 Å². The molecule has 0 aromatic carbocycles. The minimum Gasteiger partial charge on any atom is -0.446 e. The number of hydrogen-bond donors (Lipinski definition) is 0. The van der Waals surface area contributed by atoms with Gasteiger partial charge in [-0.15, -0.1) is 0 Å². The summed E-state index contributed by atoms with van der Waals surface area (Å²) in [5.74, 6) is 0.456. The fourth-order valence-corrected chi connectivity index (χ4v) is 7.24. The molecule has 2 rings (SSSR count). The van der Waals surface area contributed by atoms with Crippen molar-refractivity contribution in [3.63, 3.8) is 0 Å². The Hall–Kier alpha value is -2.30. The number of aryl methyl sites for hydroxylation is 2. The Kier molecular flexibility index (Phi) is 28.5. The lowest BCUT2D eigenvalue weighted by molar-refractivity contribution is 0.452. The quantitative estimate of drug-likeness (QED) is 0.0662. The van der Waals surface area contributed by atoms with E-state index >= 15 is 0 Å². The molecule has 0 radical (unpaired) electrons. The Bertz CT molecular complexity index is 1090. The Morgan fingerprint density at radius 1 is 0.373 bits per heavy atom. The standard InChI is InChI=1S/C46H80N2O3/c1-3-5-7-9-11-13-15-17-19-21-23-25-27-29-31-33-37-47-39-35-43(49)45(41-47)51-46-42-48(40-36-44(46)50)38-34-32-30-28-26-24-22-20-18-16-14-12-10-8-6-4-2/h35-36,39-42H,3-34,37-38H2,1-2H3. The van der Waals surface area contributed by atoms with Crippen LogP contribution in [0.2, 0.25) is 0 Å². The van der Waals surface area contributed by atoms with Crippen molar-refractivity contribution in [3.8, 4) is 11.5 Å². The third-order valence-electron chi connectivity index (χ3n) is 10.6. The second-order valence-corrected chi connectivity index (χ2v) is 15.5. The Balaban J connectivity index is 1.52. The van der Waals surface area contributed by atoms with E-state index in [1.165, 1.54) is 193 Å². The lowest BCUT2D eigenvalue weighted by atomic mass is 10.0. The number of rotatable bonds is 36. The lowest BCUT2D eigenvalue weighted by Crippen LogP contribution is -2.13. The van der Waals surface area contributed by atoms with Crippen molar-refractivity contribution in [2.75, 3.05) is 0 Å². The first kappa shape index (κ1) is 44.9. The van der Waals surface area contributed by atoms with Crippen LogP contribution in [0.4, 0.5) is 0 Å². The van der Waals surface area contributed by atoms with Gasteiger partial charge in [-0.2, -0.15) is 0 Å². The normalized spacial score (nSPS) is 11.4. The molecule has 2 heterocycles. The average Bonchev–Trinajstić information content (AvgIpc) is 3.13. The van der Waals surface area contributed by atoms with E-state index in [0.717, 1.165) is 25.9 Å². The van der Waals surface area contributed by atoms with Crippen LogP contribution in [-0.2, 0) is 13.1 Å². The highest BCUT2D eigenvalue weighted by molar-refractivity contribution is 5.27. The van der Waals surface area contributed by atoms with Gasteiger partial charge >= 0.3 is 0 Å². The molecule has 0 saturated carbocycles. The van der Waals surface area contributed by atoms with Gasteiger partial charge in [-0.1, -0.05) is 206 Å². The first-order valence-corrected chi connectivity index (χ1v) is 22.2. The SMILES string of the molecule is CCCCCCCCCCCCCCCCCCn1ccc(=O)c(Oc2cn(CCCCCCCCCCCCCCCCCC)ccc2=O)c1. The van der Waals surface area contributed by atoms with Crippen molar-refractivity contribution in [3.05, 3.63) is 57.4 Å². The summed E-state index contributed by atoms with van der Waals surface area (Å²) in [4.78, 5) is 25.2. The van der Waals surface area contributed by atoms with Gasteiger partial charge in [0.25, 0.3) is 0 Å². The van der Waals surface area contributed by atoms with Crippen LogP contribution >= 0.6 is 0 Å². The van der Waals surface area contributed by atoms with Crippen LogP contribution in [0.15, 0.2) is 46.5 Å². The second-order valence-electron chi connectivity index (χ2n) is 15.5. The largest absolute Gasteiger partial charge is 0.446 e. The van der Waals surface area contributed by atoms with Crippen molar-refractivity contribution >= 4 is 0 Å². The van der Waals surface area contributed by atoms with E-state index in [4.69, 9.17) is 4.74 Å². The van der Waals surface area contributed by atoms with E-state index in [1.54, 1.807) is 24.5 Å². The third kappa shape index (κ3) is 24.6. The molecule has 0 bridgehead atoms. The van der Waals surface area contributed by atoms with Crippen molar-refractivity contribution in [1.29, 1.82) is 0 Å². The second kappa shape index (κ2) is 32.4. The van der Waals surface area contributed by atoms with Crippen molar-refractivity contribution < 1.29 is 4.74 Å². The molecule has 0 saturated heterocycles. The van der Waals surface area contributed by atoms with Gasteiger partial charge in [-0.3, -0.25) is 9.59 Å². The molecule has 2 aromatic heterocycles. The Labute approximate surface area is 314 Å². The minimum absolute atomic E-state index is 0.189. The van der Waals surface area contributed by atoms with Gasteiger partial charge in [0, 0.05) is 37.6 Å². The van der Waals surface area contributed by atoms with Crippen LogP contribution in [0.3, 0.4) is 0 Å². The van der Waals surface area contributed by atoms with E-state index < -0.39 is 0 Å². The zero-order valence-corrected chi connectivity index (χ0v) is 33.6. The summed E-state index contributed by atoms with van der Waals surface area (Å²) in [6, 6.07) is 3.11. The first-order valence-electron chi connectivity index (χ1n) is 22.2. The fourth-order valence-electron chi connectivity index (χ4n) is 7.24. The molecule has 0 amide bonds. The summed E-state index contributed by atoms with van der Waals surface area (Å²) in [5, 5.41) is 0. The van der Waals surface area contributed by atoms with E-state index in [1.807, 2.05) is 21.5 Å². The number of aromatic nitrogens is 2. The number of nitrogens with zero attached hydrogens (tertiary/aromatic N) is 2. The Morgan fingerprint density at radius 3 is 0.863 bits per heavy atom. The molecule has 5 nitrogen and oxygen atoms in total. The summed E-state index contributed by atoms with van der Waals surface area (Å²) in [5.41, 5.74) is -0.378. The summed E-state index contributed by atoms with van der Waals surface area (Å²) in [6.07, 6.45) is 50.6. The smallest absolute Gasteiger partial charge is 0.224 e. The molecule has 5 heteroatoms. The minimum atomic E-state index is -0.189. The van der Waals surface area contributed by atoms with Crippen molar-refractivity contribution in [2.45, 2.75) is 232 Å². The number of hydrogen-bond acceptors (Lipinski definition) is 3. The molecular formula is C46H80N2O3. The van der Waals surface area contributed by atoms with E-state index in [-0.39, 0.29) is 22.4 Å². The van der Waals surface area contributed by atoms with Crippen LogP contribution in [0, 0.1) is 0 Å². The average molecular weight is 709 g/mol. The van der Waals surface area contributed by atoms with Crippen LogP contribution in [0.25, 0.3) is 0 Å². The predicted octanol–water partition coefficient (Wildman–Crippen LogP) is 14.3. The number of ether oxygens (including phenoxy) is 1. The van der Waals surface area contributed by atoms with Gasteiger partial charge in [0.05, 0.1) is 12.4 Å². The molecule has 0 unspecified atom stereocenters. The summed E-state index contributed by atoms with van der Waals surface area (Å²) in [6.45, 7) is 6.28.